The first-order chi connectivity index (χ1) is 17.2. The Kier molecular flexibility index (Phi) is 12.2. The lowest BCUT2D eigenvalue weighted by Gasteiger charge is -2.22. The number of carbonyl (C=O) groups is 3. The molecule has 0 aliphatic carbocycles. The number of thiocarbonyl (C=S) groups is 1. The SMILES string of the molecule is CCCCCCC[C@@H](C)Oc1ccc(/C=C2/SC(=S)N([C@H](CCC(=O)O)C(=O)O)C2=O)cc1OCC. The maximum absolute atomic E-state index is 13.0. The number of carboxylic acid groups (broad SMARTS) is 2. The summed E-state index contributed by atoms with van der Waals surface area (Å²) in [5, 5.41) is 18.5. The van der Waals surface area contributed by atoms with Gasteiger partial charge in [-0.2, -0.15) is 0 Å². The summed E-state index contributed by atoms with van der Waals surface area (Å²) in [7, 11) is 0. The molecule has 1 aromatic rings. The van der Waals surface area contributed by atoms with Gasteiger partial charge in [0.25, 0.3) is 5.91 Å². The van der Waals surface area contributed by atoms with E-state index < -0.39 is 23.9 Å². The van der Waals surface area contributed by atoms with E-state index in [9.17, 15) is 19.5 Å². The summed E-state index contributed by atoms with van der Waals surface area (Å²) in [5.41, 5.74) is 0.677. The summed E-state index contributed by atoms with van der Waals surface area (Å²) in [6.45, 7) is 6.55. The second kappa shape index (κ2) is 14.8. The molecule has 1 amide bonds. The van der Waals surface area contributed by atoms with E-state index in [0.29, 0.717) is 23.7 Å². The van der Waals surface area contributed by atoms with E-state index in [1.165, 1.54) is 25.7 Å². The number of carboxylic acids is 2. The van der Waals surface area contributed by atoms with Gasteiger partial charge in [0.05, 0.1) is 17.6 Å². The van der Waals surface area contributed by atoms with Crippen LogP contribution in [0.4, 0.5) is 0 Å². The Morgan fingerprint density at radius 2 is 1.83 bits per heavy atom. The van der Waals surface area contributed by atoms with Crippen LogP contribution in [0.2, 0.25) is 0 Å². The number of amides is 1. The third kappa shape index (κ3) is 8.81. The van der Waals surface area contributed by atoms with Crippen LogP contribution >= 0.6 is 24.0 Å². The molecular formula is C26H35NO7S2. The Morgan fingerprint density at radius 3 is 2.47 bits per heavy atom. The highest BCUT2D eigenvalue weighted by Gasteiger charge is 2.40. The fourth-order valence-corrected chi connectivity index (χ4v) is 5.17. The Balaban J connectivity index is 2.15. The van der Waals surface area contributed by atoms with Gasteiger partial charge < -0.3 is 19.7 Å². The van der Waals surface area contributed by atoms with E-state index >= 15 is 0 Å². The quantitative estimate of drug-likeness (QED) is 0.155. The Morgan fingerprint density at radius 1 is 1.11 bits per heavy atom. The normalized spacial score (nSPS) is 16.3. The van der Waals surface area contributed by atoms with Crippen molar-refractivity contribution in [3.8, 4) is 11.5 Å². The standard InChI is InChI=1S/C26H35NO7S2/c1-4-6-7-8-9-10-17(3)34-20-13-11-18(15-21(20)33-5-2)16-22-24(30)27(26(35)36-22)19(25(31)32)12-14-23(28)29/h11,13,15-17,19H,4-10,12,14H2,1-3H3,(H,28,29)(H,31,32)/b22-16+/t17-,19-/m1/s1. The second-order valence-electron chi connectivity index (χ2n) is 8.61. The van der Waals surface area contributed by atoms with E-state index in [-0.39, 0.29) is 28.2 Å². The van der Waals surface area contributed by atoms with Crippen LogP contribution < -0.4 is 9.47 Å². The van der Waals surface area contributed by atoms with Crippen LogP contribution in [-0.4, -0.2) is 56.0 Å². The number of hydrogen-bond acceptors (Lipinski definition) is 7. The monoisotopic (exact) mass is 537 g/mol. The minimum absolute atomic E-state index is 0.0340. The summed E-state index contributed by atoms with van der Waals surface area (Å²) >= 11 is 6.24. The van der Waals surface area contributed by atoms with E-state index in [0.717, 1.165) is 29.5 Å². The molecular weight excluding hydrogens is 502 g/mol. The highest BCUT2D eigenvalue weighted by Crippen LogP contribution is 2.37. The molecule has 1 aliphatic heterocycles. The van der Waals surface area contributed by atoms with Crippen molar-refractivity contribution in [3.63, 3.8) is 0 Å². The molecule has 0 radical (unpaired) electrons. The van der Waals surface area contributed by atoms with Crippen molar-refractivity contribution in [2.45, 2.75) is 84.3 Å². The molecule has 1 heterocycles. The van der Waals surface area contributed by atoms with Gasteiger partial charge in [-0.1, -0.05) is 62.7 Å². The van der Waals surface area contributed by atoms with Gasteiger partial charge in [-0.05, 0) is 56.9 Å². The molecule has 2 N–H and O–H groups in total. The number of ether oxygens (including phenoxy) is 2. The highest BCUT2D eigenvalue weighted by atomic mass is 32.2. The zero-order valence-electron chi connectivity index (χ0n) is 21.0. The molecule has 1 aromatic carbocycles. The number of hydrogen-bond donors (Lipinski definition) is 2. The topological polar surface area (TPSA) is 113 Å². The van der Waals surface area contributed by atoms with Crippen LogP contribution in [0.15, 0.2) is 23.1 Å². The van der Waals surface area contributed by atoms with Crippen LogP contribution in [0, 0.1) is 0 Å². The first-order valence-corrected chi connectivity index (χ1v) is 13.6. The van der Waals surface area contributed by atoms with Crippen molar-refractivity contribution in [1.29, 1.82) is 0 Å². The van der Waals surface area contributed by atoms with E-state index in [4.69, 9.17) is 26.8 Å². The lowest BCUT2D eigenvalue weighted by Crippen LogP contribution is -2.44. The molecule has 10 heteroatoms. The van der Waals surface area contributed by atoms with Gasteiger partial charge in [0.2, 0.25) is 0 Å². The second-order valence-corrected chi connectivity index (χ2v) is 10.3. The minimum Gasteiger partial charge on any atom is -0.490 e. The Labute approximate surface area is 222 Å². The van der Waals surface area contributed by atoms with Crippen LogP contribution in [-0.2, 0) is 14.4 Å². The average molecular weight is 538 g/mol. The van der Waals surface area contributed by atoms with Crippen molar-refractivity contribution in [2.75, 3.05) is 6.61 Å². The molecule has 1 fully saturated rings. The number of carbonyl (C=O) groups excluding carboxylic acids is 1. The van der Waals surface area contributed by atoms with Crippen molar-refractivity contribution < 1.29 is 34.1 Å². The fourth-order valence-electron chi connectivity index (χ4n) is 3.81. The molecule has 2 atom stereocenters. The number of unbranched alkanes of at least 4 members (excludes halogenated alkanes) is 4. The largest absolute Gasteiger partial charge is 0.490 e. The van der Waals surface area contributed by atoms with Gasteiger partial charge in [-0.25, -0.2) is 4.79 Å². The zero-order chi connectivity index (χ0) is 26.7. The summed E-state index contributed by atoms with van der Waals surface area (Å²) < 4.78 is 12.0. The van der Waals surface area contributed by atoms with Crippen LogP contribution in [0.1, 0.15) is 77.7 Å². The predicted molar refractivity (Wildman–Crippen MR) is 144 cm³/mol. The smallest absolute Gasteiger partial charge is 0.326 e. The van der Waals surface area contributed by atoms with Crippen LogP contribution in [0.25, 0.3) is 6.08 Å². The predicted octanol–water partition coefficient (Wildman–Crippen LogP) is 5.73. The molecule has 0 saturated carbocycles. The lowest BCUT2D eigenvalue weighted by molar-refractivity contribution is -0.146. The molecule has 0 bridgehead atoms. The summed E-state index contributed by atoms with van der Waals surface area (Å²) in [4.78, 5) is 36.8. The van der Waals surface area contributed by atoms with Gasteiger partial charge in [-0.3, -0.25) is 14.5 Å². The van der Waals surface area contributed by atoms with Gasteiger partial charge in [0, 0.05) is 6.42 Å². The maximum Gasteiger partial charge on any atom is 0.326 e. The summed E-state index contributed by atoms with van der Waals surface area (Å²) in [5.74, 6) is -1.81. The molecule has 8 nitrogen and oxygen atoms in total. The molecule has 1 saturated heterocycles. The molecule has 0 aromatic heterocycles. The third-order valence-electron chi connectivity index (χ3n) is 5.66. The van der Waals surface area contributed by atoms with Crippen molar-refractivity contribution >= 4 is 52.2 Å². The zero-order valence-corrected chi connectivity index (χ0v) is 22.7. The van der Waals surface area contributed by atoms with Crippen molar-refractivity contribution in [2.24, 2.45) is 0 Å². The number of nitrogens with zero attached hydrogens (tertiary/aromatic N) is 1. The van der Waals surface area contributed by atoms with Crippen LogP contribution in [0.5, 0.6) is 11.5 Å². The van der Waals surface area contributed by atoms with Crippen LogP contribution in [0.3, 0.4) is 0 Å². The minimum atomic E-state index is -1.34. The van der Waals surface area contributed by atoms with E-state index in [2.05, 4.69) is 6.92 Å². The van der Waals surface area contributed by atoms with Crippen molar-refractivity contribution in [1.82, 2.24) is 4.90 Å². The van der Waals surface area contributed by atoms with Crippen molar-refractivity contribution in [3.05, 3.63) is 28.7 Å². The Hall–Kier alpha value is -2.59. The highest BCUT2D eigenvalue weighted by molar-refractivity contribution is 8.26. The van der Waals surface area contributed by atoms with E-state index in [1.54, 1.807) is 24.3 Å². The lowest BCUT2D eigenvalue weighted by atomic mass is 10.1. The molecule has 198 valence electrons. The van der Waals surface area contributed by atoms with Gasteiger partial charge in [-0.15, -0.1) is 0 Å². The number of thioether (sulfide) groups is 1. The first kappa shape index (κ1) is 29.6. The first-order valence-electron chi connectivity index (χ1n) is 12.3. The molecule has 0 spiro atoms. The molecule has 36 heavy (non-hydrogen) atoms. The number of aliphatic carboxylic acids is 2. The molecule has 0 unspecified atom stereocenters. The molecule has 1 aliphatic rings. The fraction of sp³-hybridized carbons (Fsp3) is 0.538. The maximum atomic E-state index is 13.0. The van der Waals surface area contributed by atoms with E-state index in [1.807, 2.05) is 13.8 Å². The van der Waals surface area contributed by atoms with Gasteiger partial charge >= 0.3 is 11.9 Å². The average Bonchev–Trinajstić information content (AvgIpc) is 3.08. The molecule has 2 rings (SSSR count). The summed E-state index contributed by atoms with van der Waals surface area (Å²) in [6, 6.07) is 4.05. The summed E-state index contributed by atoms with van der Waals surface area (Å²) in [6.07, 6.45) is 7.99. The number of rotatable bonds is 16. The Bertz CT molecular complexity index is 979. The number of benzene rings is 1. The van der Waals surface area contributed by atoms with Gasteiger partial charge in [0.1, 0.15) is 10.4 Å². The van der Waals surface area contributed by atoms with Gasteiger partial charge in [0.15, 0.2) is 11.5 Å². The third-order valence-corrected chi connectivity index (χ3v) is 6.99.